The Morgan fingerprint density at radius 3 is 2.24 bits per heavy atom. The van der Waals surface area contributed by atoms with Gasteiger partial charge in [-0.25, -0.2) is 18.3 Å². The van der Waals surface area contributed by atoms with E-state index in [9.17, 15) is 17.6 Å². The third-order valence-corrected chi connectivity index (χ3v) is 6.24. The van der Waals surface area contributed by atoms with Crippen molar-refractivity contribution in [3.63, 3.8) is 0 Å². The first kappa shape index (κ1) is 22.6. The van der Waals surface area contributed by atoms with Crippen LogP contribution in [-0.2, 0) is 14.8 Å². The molecule has 29 heavy (non-hydrogen) atoms. The summed E-state index contributed by atoms with van der Waals surface area (Å²) in [5.74, 6) is -0.342. The van der Waals surface area contributed by atoms with Crippen molar-refractivity contribution < 1.29 is 27.5 Å². The fourth-order valence-corrected chi connectivity index (χ4v) is 4.32. The van der Waals surface area contributed by atoms with Crippen molar-refractivity contribution in [1.82, 2.24) is 5.48 Å². The Morgan fingerprint density at radius 2 is 1.66 bits per heavy atom. The molecule has 0 aliphatic rings. The number of benzene rings is 2. The average Bonchev–Trinajstić information content (AvgIpc) is 2.73. The van der Waals surface area contributed by atoms with Crippen LogP contribution in [-0.4, -0.2) is 33.2 Å². The summed E-state index contributed by atoms with van der Waals surface area (Å²) in [5.41, 5.74) is 2.06. The highest BCUT2D eigenvalue weighted by Crippen LogP contribution is 2.26. The Morgan fingerprint density at radius 1 is 1.03 bits per heavy atom. The Bertz CT molecular complexity index is 886. The van der Waals surface area contributed by atoms with Gasteiger partial charge in [0.05, 0.1) is 17.7 Å². The molecule has 0 saturated heterocycles. The first-order chi connectivity index (χ1) is 13.9. The second-order valence-electron chi connectivity index (χ2n) is 6.43. The third kappa shape index (κ3) is 6.43. The molecule has 0 aliphatic heterocycles. The van der Waals surface area contributed by atoms with Gasteiger partial charge in [-0.3, -0.25) is 14.3 Å². The van der Waals surface area contributed by atoms with Crippen molar-refractivity contribution in [1.29, 1.82) is 0 Å². The number of sulfonamides is 1. The van der Waals surface area contributed by atoms with Crippen LogP contribution in [0.15, 0.2) is 53.4 Å². The molecule has 2 aromatic carbocycles. The summed E-state index contributed by atoms with van der Waals surface area (Å²) >= 11 is 0. The summed E-state index contributed by atoms with van der Waals surface area (Å²) in [4.78, 5) is 11.0. The molecular formula is C20H25FN2O5S. The number of methoxy groups -OCH3 is 1. The minimum absolute atomic E-state index is 0.00864. The fourth-order valence-electron chi connectivity index (χ4n) is 2.82. The predicted octanol–water partition coefficient (Wildman–Crippen LogP) is 3.49. The van der Waals surface area contributed by atoms with E-state index in [1.807, 2.05) is 0 Å². The molecule has 2 rings (SSSR count). The lowest BCUT2D eigenvalue weighted by Crippen LogP contribution is -2.32. The normalized spacial score (nSPS) is 11.1. The topological polar surface area (TPSA) is 95.9 Å². The van der Waals surface area contributed by atoms with Gasteiger partial charge in [-0.05, 0) is 61.4 Å². The maximum absolute atomic E-state index is 13.2. The molecule has 0 aromatic heterocycles. The molecule has 9 heteroatoms. The number of halogens is 1. The van der Waals surface area contributed by atoms with E-state index in [-0.39, 0.29) is 17.9 Å². The van der Waals surface area contributed by atoms with Gasteiger partial charge < -0.3 is 4.74 Å². The first-order valence-corrected chi connectivity index (χ1v) is 10.7. The van der Waals surface area contributed by atoms with Crippen LogP contribution in [0.1, 0.15) is 32.1 Å². The molecule has 2 aromatic rings. The van der Waals surface area contributed by atoms with Crippen LogP contribution < -0.4 is 14.5 Å². The second-order valence-corrected chi connectivity index (χ2v) is 8.29. The van der Waals surface area contributed by atoms with Crippen molar-refractivity contribution in [2.75, 3.05) is 18.0 Å². The number of anilines is 1. The lowest BCUT2D eigenvalue weighted by Gasteiger charge is -2.25. The van der Waals surface area contributed by atoms with Crippen LogP contribution in [0.4, 0.5) is 10.1 Å². The number of hydroxylamine groups is 1. The number of rotatable bonds is 11. The number of ether oxygens (including phenoxy) is 1. The second kappa shape index (κ2) is 10.8. The van der Waals surface area contributed by atoms with Gasteiger partial charge in [0.25, 0.3) is 10.0 Å². The molecule has 0 aliphatic carbocycles. The Labute approximate surface area is 170 Å². The highest BCUT2D eigenvalue weighted by molar-refractivity contribution is 7.92. The molecule has 0 atom stereocenters. The highest BCUT2D eigenvalue weighted by atomic mass is 32.2. The SMILES string of the molecule is COc1ccc(N(CCCCCCC(=O)NO)S(=O)(=O)c2ccc(F)cc2)cc1. The number of hydrogen-bond donors (Lipinski definition) is 2. The van der Waals surface area contributed by atoms with Gasteiger partial charge in [-0.1, -0.05) is 12.8 Å². The summed E-state index contributed by atoms with van der Waals surface area (Å²) in [6, 6.07) is 11.4. The summed E-state index contributed by atoms with van der Waals surface area (Å²) < 4.78 is 45.9. The number of carbonyl (C=O) groups excluding carboxylic acids is 1. The summed E-state index contributed by atoms with van der Waals surface area (Å²) in [6.07, 6.45) is 2.82. The quantitative estimate of drug-likeness (QED) is 0.327. The van der Waals surface area contributed by atoms with Crippen molar-refractivity contribution in [3.05, 3.63) is 54.3 Å². The van der Waals surface area contributed by atoms with Gasteiger partial charge in [0, 0.05) is 13.0 Å². The van der Waals surface area contributed by atoms with Crippen molar-refractivity contribution in [2.24, 2.45) is 0 Å². The first-order valence-electron chi connectivity index (χ1n) is 9.24. The summed E-state index contributed by atoms with van der Waals surface area (Å²) in [6.45, 7) is 0.234. The van der Waals surface area contributed by atoms with E-state index in [1.54, 1.807) is 29.7 Å². The smallest absolute Gasteiger partial charge is 0.264 e. The van der Waals surface area contributed by atoms with E-state index in [4.69, 9.17) is 9.94 Å². The van der Waals surface area contributed by atoms with Crippen LogP contribution in [0, 0.1) is 5.82 Å². The van der Waals surface area contributed by atoms with Crippen LogP contribution in [0.25, 0.3) is 0 Å². The van der Waals surface area contributed by atoms with E-state index in [0.717, 1.165) is 18.6 Å². The maximum atomic E-state index is 13.2. The van der Waals surface area contributed by atoms with Gasteiger partial charge in [-0.15, -0.1) is 0 Å². The van der Waals surface area contributed by atoms with E-state index in [2.05, 4.69) is 0 Å². The Hall–Kier alpha value is -2.65. The molecule has 1 amide bonds. The van der Waals surface area contributed by atoms with E-state index in [1.165, 1.54) is 23.5 Å². The summed E-state index contributed by atoms with van der Waals surface area (Å²) in [7, 11) is -2.35. The molecular weight excluding hydrogens is 399 g/mol. The minimum Gasteiger partial charge on any atom is -0.497 e. The van der Waals surface area contributed by atoms with Gasteiger partial charge in [0.1, 0.15) is 11.6 Å². The molecule has 0 radical (unpaired) electrons. The molecule has 7 nitrogen and oxygen atoms in total. The van der Waals surface area contributed by atoms with Crippen LogP contribution >= 0.6 is 0 Å². The lowest BCUT2D eigenvalue weighted by atomic mass is 10.1. The Kier molecular flexibility index (Phi) is 8.41. The van der Waals surface area contributed by atoms with Crippen LogP contribution in [0.5, 0.6) is 5.75 Å². The minimum atomic E-state index is -3.87. The Balaban J connectivity index is 2.13. The molecule has 0 bridgehead atoms. The van der Waals surface area contributed by atoms with Crippen molar-refractivity contribution >= 4 is 21.6 Å². The number of carbonyl (C=O) groups is 1. The zero-order chi connectivity index (χ0) is 21.3. The van der Waals surface area contributed by atoms with Gasteiger partial charge >= 0.3 is 0 Å². The highest BCUT2D eigenvalue weighted by Gasteiger charge is 2.24. The third-order valence-electron chi connectivity index (χ3n) is 4.40. The van der Waals surface area contributed by atoms with Crippen LogP contribution in [0.2, 0.25) is 0 Å². The predicted molar refractivity (Wildman–Crippen MR) is 107 cm³/mol. The van der Waals surface area contributed by atoms with E-state index < -0.39 is 21.7 Å². The van der Waals surface area contributed by atoms with Gasteiger partial charge in [0.15, 0.2) is 0 Å². The summed E-state index contributed by atoms with van der Waals surface area (Å²) in [5, 5.41) is 8.48. The fraction of sp³-hybridized carbons (Fsp3) is 0.350. The lowest BCUT2D eigenvalue weighted by molar-refractivity contribution is -0.129. The zero-order valence-corrected chi connectivity index (χ0v) is 17.0. The number of nitrogens with zero attached hydrogens (tertiary/aromatic N) is 1. The number of unbranched alkanes of at least 4 members (excludes halogenated alkanes) is 3. The molecule has 0 saturated carbocycles. The van der Waals surface area contributed by atoms with Crippen LogP contribution in [0.3, 0.4) is 0 Å². The van der Waals surface area contributed by atoms with Gasteiger partial charge in [0.2, 0.25) is 5.91 Å². The zero-order valence-electron chi connectivity index (χ0n) is 16.2. The monoisotopic (exact) mass is 424 g/mol. The molecule has 0 unspecified atom stereocenters. The number of nitrogens with one attached hydrogen (secondary N) is 1. The molecule has 158 valence electrons. The number of amides is 1. The molecule has 0 heterocycles. The van der Waals surface area contributed by atoms with Gasteiger partial charge in [-0.2, -0.15) is 0 Å². The maximum Gasteiger partial charge on any atom is 0.264 e. The number of hydrogen-bond acceptors (Lipinski definition) is 5. The van der Waals surface area contributed by atoms with Crippen molar-refractivity contribution in [3.8, 4) is 5.75 Å². The molecule has 0 fully saturated rings. The van der Waals surface area contributed by atoms with E-state index >= 15 is 0 Å². The standard InChI is InChI=1S/C20H25FN2O5S/c1-28-18-11-9-17(10-12-18)23(15-5-3-2-4-6-20(24)22-25)29(26,27)19-13-7-16(21)8-14-19/h7-14,25H,2-6,15H2,1H3,(H,22,24). The van der Waals surface area contributed by atoms with E-state index in [0.29, 0.717) is 30.7 Å². The largest absolute Gasteiger partial charge is 0.497 e. The molecule has 0 spiro atoms. The average molecular weight is 424 g/mol. The molecule has 2 N–H and O–H groups in total. The van der Waals surface area contributed by atoms with Crippen molar-refractivity contribution in [2.45, 2.75) is 37.0 Å².